The Labute approximate surface area is 209 Å². The van der Waals surface area contributed by atoms with E-state index in [1.54, 1.807) is 6.20 Å². The number of thiazole rings is 1. The number of fused-ring (bicyclic) bond motifs is 1. The van der Waals surface area contributed by atoms with E-state index in [1.807, 2.05) is 6.08 Å². The fourth-order valence-corrected chi connectivity index (χ4v) is 4.80. The number of ether oxygens (including phenoxy) is 1. The molecule has 0 radical (unpaired) electrons. The molecule has 0 amide bonds. The molecule has 0 spiro atoms. The molecule has 0 bridgehead atoms. The molecule has 1 aliphatic rings. The van der Waals surface area contributed by atoms with Gasteiger partial charge in [0, 0.05) is 23.2 Å². The molecule has 0 saturated carbocycles. The lowest BCUT2D eigenvalue weighted by Gasteiger charge is -2.14. The fraction of sp³-hybridized carbons (Fsp3) is 0.440. The number of nitrogens with one attached hydrogen (secondary N) is 1. The molecule has 0 atom stereocenters. The average molecular weight is 496 g/mol. The number of hydrogen-bond donors (Lipinski definition) is 2. The van der Waals surface area contributed by atoms with Gasteiger partial charge in [-0.3, -0.25) is 9.47 Å². The predicted molar refractivity (Wildman–Crippen MR) is 142 cm³/mol. The van der Waals surface area contributed by atoms with Crippen LogP contribution < -0.4 is 16.2 Å². The third kappa shape index (κ3) is 6.07. The second-order valence-electron chi connectivity index (χ2n) is 8.65. The highest BCUT2D eigenvalue weighted by molar-refractivity contribution is 7.12. The summed E-state index contributed by atoms with van der Waals surface area (Å²) in [7, 11) is 0. The number of nitrogen functional groups attached to an aromatic ring is 1. The van der Waals surface area contributed by atoms with Gasteiger partial charge in [0.05, 0.1) is 13.2 Å². The van der Waals surface area contributed by atoms with Crippen LogP contribution in [0.3, 0.4) is 0 Å². The number of hydrogen-bond acceptors (Lipinski definition) is 8. The first-order chi connectivity index (χ1) is 17.0. The normalized spacial score (nSPS) is 15.0. The van der Waals surface area contributed by atoms with E-state index in [1.165, 1.54) is 34.3 Å². The molecule has 1 aliphatic heterocycles. The highest BCUT2D eigenvalue weighted by atomic mass is 32.1. The van der Waals surface area contributed by atoms with Gasteiger partial charge < -0.3 is 15.5 Å². The summed E-state index contributed by atoms with van der Waals surface area (Å²) in [4.78, 5) is 31.9. The van der Waals surface area contributed by atoms with Crippen LogP contribution >= 0.6 is 11.3 Å². The summed E-state index contributed by atoms with van der Waals surface area (Å²) in [5.41, 5.74) is 8.68. The number of aromatic amines is 1. The quantitative estimate of drug-likeness (QED) is 0.305. The Morgan fingerprint density at radius 3 is 2.86 bits per heavy atom. The zero-order chi connectivity index (χ0) is 24.8. The Balaban J connectivity index is 1.48. The Morgan fingerprint density at radius 2 is 2.11 bits per heavy atom. The van der Waals surface area contributed by atoms with E-state index in [-0.39, 0.29) is 17.5 Å². The minimum atomic E-state index is -0.306. The molecule has 3 aromatic heterocycles. The number of aromatic nitrogens is 5. The predicted octanol–water partition coefficient (Wildman–Crippen LogP) is 4.00. The summed E-state index contributed by atoms with van der Waals surface area (Å²) >= 11 is 1.50. The van der Waals surface area contributed by atoms with Crippen LogP contribution in [0.5, 0.6) is 6.01 Å². The number of nitrogens with two attached hydrogens (primary N) is 1. The van der Waals surface area contributed by atoms with Gasteiger partial charge in [0.25, 0.3) is 0 Å². The van der Waals surface area contributed by atoms with E-state index in [4.69, 9.17) is 10.5 Å². The highest BCUT2D eigenvalue weighted by Crippen LogP contribution is 2.24. The van der Waals surface area contributed by atoms with Gasteiger partial charge in [-0.15, -0.1) is 11.3 Å². The van der Waals surface area contributed by atoms with Gasteiger partial charge in [-0.2, -0.15) is 9.97 Å². The first-order valence-electron chi connectivity index (χ1n) is 12.1. The van der Waals surface area contributed by atoms with Gasteiger partial charge in [-0.25, -0.2) is 9.78 Å². The molecule has 35 heavy (non-hydrogen) atoms. The second kappa shape index (κ2) is 11.5. The van der Waals surface area contributed by atoms with Gasteiger partial charge >= 0.3 is 11.7 Å². The van der Waals surface area contributed by atoms with E-state index in [9.17, 15) is 4.79 Å². The van der Waals surface area contributed by atoms with E-state index >= 15 is 0 Å². The number of rotatable bonds is 11. The molecule has 1 saturated heterocycles. The molecule has 3 aromatic rings. The minimum absolute atomic E-state index is 0.174. The van der Waals surface area contributed by atoms with Crippen molar-refractivity contribution in [1.29, 1.82) is 0 Å². The van der Waals surface area contributed by atoms with E-state index in [0.717, 1.165) is 47.9 Å². The standard InChI is InChI=1S/C25H33N7O2S/c1-4-6-13-34-24-29-21(26)20-22(30-24)32(25(33)28-20)16-19-14-27-23(35-19)17(3)9-10-18(5-2)15-31-11-7-8-12-31/h5,9-10,14H,3-4,6-8,11-13,15-16H2,1-2H3,(H,28,33)(H2,26,29,30)/b10-9-,18-5+. The first kappa shape index (κ1) is 24.9. The van der Waals surface area contributed by atoms with Crippen molar-refractivity contribution in [2.24, 2.45) is 0 Å². The van der Waals surface area contributed by atoms with Gasteiger partial charge in [0.2, 0.25) is 0 Å². The first-order valence-corrected chi connectivity index (χ1v) is 12.9. The van der Waals surface area contributed by atoms with Crippen molar-refractivity contribution in [3.63, 3.8) is 0 Å². The highest BCUT2D eigenvalue weighted by Gasteiger charge is 2.16. The Morgan fingerprint density at radius 1 is 1.31 bits per heavy atom. The van der Waals surface area contributed by atoms with Crippen molar-refractivity contribution in [1.82, 2.24) is 29.4 Å². The number of unbranched alkanes of at least 4 members (excludes halogenated alkanes) is 1. The molecular weight excluding hydrogens is 462 g/mol. The van der Waals surface area contributed by atoms with Crippen LogP contribution in [0, 0.1) is 0 Å². The number of anilines is 1. The monoisotopic (exact) mass is 495 g/mol. The van der Waals surface area contributed by atoms with E-state index in [0.29, 0.717) is 24.3 Å². The average Bonchev–Trinajstić information content (AvgIpc) is 3.59. The molecule has 4 rings (SSSR count). The molecule has 10 heteroatoms. The summed E-state index contributed by atoms with van der Waals surface area (Å²) in [6.45, 7) is 12.4. The van der Waals surface area contributed by atoms with Gasteiger partial charge in [0.1, 0.15) is 10.5 Å². The van der Waals surface area contributed by atoms with Crippen molar-refractivity contribution < 1.29 is 4.74 Å². The van der Waals surface area contributed by atoms with Crippen LogP contribution in [0.4, 0.5) is 5.82 Å². The van der Waals surface area contributed by atoms with Crippen LogP contribution in [-0.2, 0) is 6.54 Å². The van der Waals surface area contributed by atoms with Crippen molar-refractivity contribution in [3.8, 4) is 6.01 Å². The maximum atomic E-state index is 12.6. The third-order valence-electron chi connectivity index (χ3n) is 5.98. The van der Waals surface area contributed by atoms with Crippen molar-refractivity contribution in [2.45, 2.75) is 46.1 Å². The molecule has 0 aromatic carbocycles. The number of H-pyrrole nitrogens is 1. The lowest BCUT2D eigenvalue weighted by Crippen LogP contribution is -2.21. The molecule has 4 heterocycles. The molecular formula is C25H33N7O2S. The number of allylic oxidation sites excluding steroid dienone is 3. The summed E-state index contributed by atoms with van der Waals surface area (Å²) in [5, 5.41) is 0.818. The molecule has 186 valence electrons. The lowest BCUT2D eigenvalue weighted by molar-refractivity contribution is 0.286. The second-order valence-corrected chi connectivity index (χ2v) is 9.76. The van der Waals surface area contributed by atoms with Crippen LogP contribution in [0.15, 0.2) is 41.4 Å². The summed E-state index contributed by atoms with van der Waals surface area (Å²) in [6, 6.07) is 0.174. The smallest absolute Gasteiger partial charge is 0.328 e. The van der Waals surface area contributed by atoms with Crippen LogP contribution in [-0.4, -0.2) is 55.6 Å². The zero-order valence-corrected chi connectivity index (χ0v) is 21.2. The molecule has 3 N–H and O–H groups in total. The molecule has 0 aliphatic carbocycles. The maximum absolute atomic E-state index is 12.6. The maximum Gasteiger partial charge on any atom is 0.328 e. The Hall–Kier alpha value is -3.24. The molecule has 1 fully saturated rings. The largest absolute Gasteiger partial charge is 0.463 e. The molecule has 0 unspecified atom stereocenters. The summed E-state index contributed by atoms with van der Waals surface area (Å²) in [5.74, 6) is 0.189. The van der Waals surface area contributed by atoms with Crippen molar-refractivity contribution in [3.05, 3.63) is 56.9 Å². The van der Waals surface area contributed by atoms with Gasteiger partial charge in [-0.1, -0.05) is 38.2 Å². The fourth-order valence-electron chi connectivity index (χ4n) is 3.95. The van der Waals surface area contributed by atoms with Crippen LogP contribution in [0.25, 0.3) is 16.7 Å². The van der Waals surface area contributed by atoms with Crippen LogP contribution in [0.1, 0.15) is 49.4 Å². The number of imidazole rings is 1. The number of nitrogens with zero attached hydrogens (tertiary/aromatic N) is 5. The van der Waals surface area contributed by atoms with Crippen molar-refractivity contribution >= 4 is 33.9 Å². The topological polar surface area (TPSA) is 115 Å². The lowest BCUT2D eigenvalue weighted by atomic mass is 10.2. The zero-order valence-electron chi connectivity index (χ0n) is 20.4. The van der Waals surface area contributed by atoms with Crippen molar-refractivity contribution in [2.75, 3.05) is 32.0 Å². The Kier molecular flexibility index (Phi) is 8.14. The van der Waals surface area contributed by atoms with Gasteiger partial charge in [-0.05, 0) is 44.8 Å². The van der Waals surface area contributed by atoms with E-state index < -0.39 is 0 Å². The SMILES string of the molecule is C=C(/C=C\C(=C/C)CN1CCCC1)c1ncc(Cn2c(=O)[nH]c3c(N)nc(OCCCC)nc32)s1. The summed E-state index contributed by atoms with van der Waals surface area (Å²) in [6.07, 6.45) is 12.5. The van der Waals surface area contributed by atoms with Gasteiger partial charge in [0.15, 0.2) is 11.5 Å². The molecule has 9 nitrogen and oxygen atoms in total. The third-order valence-corrected chi connectivity index (χ3v) is 7.03. The summed E-state index contributed by atoms with van der Waals surface area (Å²) < 4.78 is 7.15. The van der Waals surface area contributed by atoms with E-state index in [2.05, 4.69) is 57.4 Å². The van der Waals surface area contributed by atoms with Crippen LogP contribution in [0.2, 0.25) is 0 Å². The number of likely N-dealkylation sites (tertiary alicyclic amines) is 1. The minimum Gasteiger partial charge on any atom is -0.463 e. The Bertz CT molecular complexity index is 1290.